The molecule has 1 aliphatic rings. The van der Waals surface area contributed by atoms with Gasteiger partial charge in [0, 0.05) is 12.1 Å². The van der Waals surface area contributed by atoms with Crippen molar-refractivity contribution in [3.63, 3.8) is 0 Å². The number of fused-ring (bicyclic) bond motifs is 1. The van der Waals surface area contributed by atoms with Crippen LogP contribution in [0.1, 0.15) is 16.7 Å². The number of rotatable bonds is 0. The van der Waals surface area contributed by atoms with Crippen LogP contribution in [0.5, 0.6) is 0 Å². The fourth-order valence-electron chi connectivity index (χ4n) is 1.74. The maximum absolute atomic E-state index is 12.6. The number of nitrogens with zero attached hydrogens (tertiary/aromatic N) is 1. The molecule has 1 aliphatic heterocycles. The Morgan fingerprint density at radius 3 is 2.67 bits per heavy atom. The Morgan fingerprint density at radius 2 is 2.00 bits per heavy atom. The van der Waals surface area contributed by atoms with Crippen molar-refractivity contribution in [2.24, 2.45) is 4.99 Å². The van der Waals surface area contributed by atoms with Crippen molar-refractivity contribution in [1.82, 2.24) is 0 Å². The third kappa shape index (κ3) is 1.89. The first-order valence-electron chi connectivity index (χ1n) is 4.70. The Bertz CT molecular complexity index is 418. The minimum Gasteiger partial charge on any atom is -0.280 e. The lowest BCUT2D eigenvalue weighted by Gasteiger charge is -2.19. The highest BCUT2D eigenvalue weighted by Crippen LogP contribution is 2.28. The SMILES string of the molecule is Cc1ccc2c(c1)C(C(F)(F)F)=NCC2. The van der Waals surface area contributed by atoms with Gasteiger partial charge in [0.15, 0.2) is 0 Å². The lowest BCUT2D eigenvalue weighted by Crippen LogP contribution is -2.28. The van der Waals surface area contributed by atoms with Crippen LogP contribution in [0.2, 0.25) is 0 Å². The fraction of sp³-hybridized carbons (Fsp3) is 0.364. The summed E-state index contributed by atoms with van der Waals surface area (Å²) < 4.78 is 37.9. The molecule has 1 aromatic carbocycles. The minimum atomic E-state index is -4.34. The molecular weight excluding hydrogens is 203 g/mol. The van der Waals surface area contributed by atoms with Gasteiger partial charge < -0.3 is 0 Å². The van der Waals surface area contributed by atoms with Crippen LogP contribution in [0.15, 0.2) is 23.2 Å². The summed E-state index contributed by atoms with van der Waals surface area (Å²) in [6.07, 6.45) is -3.75. The molecule has 0 aromatic heterocycles. The topological polar surface area (TPSA) is 12.4 Å². The van der Waals surface area contributed by atoms with Crippen LogP contribution >= 0.6 is 0 Å². The summed E-state index contributed by atoms with van der Waals surface area (Å²) in [6, 6.07) is 5.14. The van der Waals surface area contributed by atoms with Crippen molar-refractivity contribution in [3.8, 4) is 0 Å². The van der Waals surface area contributed by atoms with Crippen molar-refractivity contribution in [2.45, 2.75) is 19.5 Å². The Hall–Kier alpha value is -1.32. The molecule has 15 heavy (non-hydrogen) atoms. The number of hydrogen-bond donors (Lipinski definition) is 0. The first-order chi connectivity index (χ1) is 6.98. The van der Waals surface area contributed by atoms with E-state index in [-0.39, 0.29) is 12.1 Å². The van der Waals surface area contributed by atoms with Crippen LogP contribution in [0.4, 0.5) is 13.2 Å². The van der Waals surface area contributed by atoms with E-state index in [4.69, 9.17) is 0 Å². The van der Waals surface area contributed by atoms with Gasteiger partial charge in [-0.05, 0) is 25.0 Å². The molecule has 4 heteroatoms. The zero-order valence-electron chi connectivity index (χ0n) is 8.23. The van der Waals surface area contributed by atoms with Gasteiger partial charge in [-0.25, -0.2) is 0 Å². The Labute approximate surface area is 85.6 Å². The highest BCUT2D eigenvalue weighted by molar-refractivity contribution is 6.06. The molecular formula is C11H10F3N. The zero-order chi connectivity index (χ0) is 11.1. The first-order valence-corrected chi connectivity index (χ1v) is 4.70. The normalized spacial score (nSPS) is 15.9. The van der Waals surface area contributed by atoms with Crippen molar-refractivity contribution < 1.29 is 13.2 Å². The minimum absolute atomic E-state index is 0.227. The van der Waals surface area contributed by atoms with Crippen LogP contribution in [0, 0.1) is 6.92 Å². The van der Waals surface area contributed by atoms with Crippen LogP contribution < -0.4 is 0 Å². The molecule has 0 amide bonds. The molecule has 2 rings (SSSR count). The van der Waals surface area contributed by atoms with E-state index in [2.05, 4.69) is 4.99 Å². The highest BCUT2D eigenvalue weighted by Gasteiger charge is 2.38. The van der Waals surface area contributed by atoms with Crippen molar-refractivity contribution in [2.75, 3.05) is 6.54 Å². The monoisotopic (exact) mass is 213 g/mol. The number of hydrogen-bond acceptors (Lipinski definition) is 1. The summed E-state index contributed by atoms with van der Waals surface area (Å²) in [5.41, 5.74) is 1.08. The predicted octanol–water partition coefficient (Wildman–Crippen LogP) is 2.90. The number of alkyl halides is 3. The summed E-state index contributed by atoms with van der Waals surface area (Å²) in [4.78, 5) is 3.57. The van der Waals surface area contributed by atoms with E-state index in [0.29, 0.717) is 6.42 Å². The second-order valence-electron chi connectivity index (χ2n) is 3.64. The molecule has 1 heterocycles. The lowest BCUT2D eigenvalue weighted by atomic mass is 9.95. The van der Waals surface area contributed by atoms with Crippen LogP contribution in [-0.4, -0.2) is 18.4 Å². The van der Waals surface area contributed by atoms with E-state index < -0.39 is 11.9 Å². The Kier molecular flexibility index (Phi) is 2.29. The van der Waals surface area contributed by atoms with Gasteiger partial charge >= 0.3 is 6.18 Å². The second kappa shape index (κ2) is 3.36. The Morgan fingerprint density at radius 1 is 1.27 bits per heavy atom. The van der Waals surface area contributed by atoms with E-state index in [1.807, 2.05) is 6.07 Å². The van der Waals surface area contributed by atoms with Gasteiger partial charge in [-0.3, -0.25) is 4.99 Å². The third-order valence-corrected chi connectivity index (χ3v) is 2.44. The number of halogens is 3. The van der Waals surface area contributed by atoms with E-state index in [1.54, 1.807) is 19.1 Å². The van der Waals surface area contributed by atoms with Crippen LogP contribution in [0.3, 0.4) is 0 Å². The van der Waals surface area contributed by atoms with E-state index in [0.717, 1.165) is 11.1 Å². The summed E-state index contributed by atoms with van der Waals surface area (Å²) in [5.74, 6) is 0. The summed E-state index contributed by atoms with van der Waals surface area (Å²) >= 11 is 0. The Balaban J connectivity index is 2.54. The zero-order valence-corrected chi connectivity index (χ0v) is 8.23. The average Bonchev–Trinajstić information content (AvgIpc) is 2.15. The van der Waals surface area contributed by atoms with Gasteiger partial charge in [-0.15, -0.1) is 0 Å². The van der Waals surface area contributed by atoms with Crippen molar-refractivity contribution in [3.05, 3.63) is 34.9 Å². The summed E-state index contributed by atoms with van der Waals surface area (Å²) in [6.45, 7) is 2.01. The van der Waals surface area contributed by atoms with Gasteiger partial charge in [-0.2, -0.15) is 13.2 Å². The molecule has 0 atom stereocenters. The quantitative estimate of drug-likeness (QED) is 0.628. The fourth-order valence-corrected chi connectivity index (χ4v) is 1.74. The maximum Gasteiger partial charge on any atom is 0.433 e. The van der Waals surface area contributed by atoms with Gasteiger partial charge in [0.2, 0.25) is 0 Å². The van der Waals surface area contributed by atoms with E-state index in [1.165, 1.54) is 0 Å². The average molecular weight is 213 g/mol. The summed E-state index contributed by atoms with van der Waals surface area (Å²) in [7, 11) is 0. The maximum atomic E-state index is 12.6. The van der Waals surface area contributed by atoms with Gasteiger partial charge in [-0.1, -0.05) is 17.7 Å². The molecule has 1 nitrogen and oxygen atoms in total. The largest absolute Gasteiger partial charge is 0.433 e. The summed E-state index contributed by atoms with van der Waals surface area (Å²) in [5, 5.41) is 0. The number of aryl methyl sites for hydroxylation is 1. The second-order valence-corrected chi connectivity index (χ2v) is 3.64. The van der Waals surface area contributed by atoms with Crippen molar-refractivity contribution >= 4 is 5.71 Å². The smallest absolute Gasteiger partial charge is 0.280 e. The highest BCUT2D eigenvalue weighted by atomic mass is 19.4. The van der Waals surface area contributed by atoms with E-state index in [9.17, 15) is 13.2 Å². The molecule has 0 N–H and O–H groups in total. The molecule has 0 bridgehead atoms. The van der Waals surface area contributed by atoms with Gasteiger partial charge in [0.25, 0.3) is 0 Å². The van der Waals surface area contributed by atoms with Crippen LogP contribution in [-0.2, 0) is 6.42 Å². The molecule has 0 fully saturated rings. The first kappa shape index (κ1) is 10.2. The predicted molar refractivity (Wildman–Crippen MR) is 52.3 cm³/mol. The molecule has 0 saturated heterocycles. The van der Waals surface area contributed by atoms with Crippen molar-refractivity contribution in [1.29, 1.82) is 0 Å². The lowest BCUT2D eigenvalue weighted by molar-refractivity contribution is -0.0584. The molecule has 0 spiro atoms. The molecule has 80 valence electrons. The number of benzene rings is 1. The number of aliphatic imine (C=N–C) groups is 1. The molecule has 0 aliphatic carbocycles. The van der Waals surface area contributed by atoms with Gasteiger partial charge in [0.1, 0.15) is 5.71 Å². The van der Waals surface area contributed by atoms with Crippen LogP contribution in [0.25, 0.3) is 0 Å². The molecule has 0 radical (unpaired) electrons. The molecule has 0 saturated carbocycles. The van der Waals surface area contributed by atoms with Gasteiger partial charge in [0.05, 0.1) is 0 Å². The third-order valence-electron chi connectivity index (χ3n) is 2.44. The molecule has 1 aromatic rings. The molecule has 0 unspecified atom stereocenters. The van der Waals surface area contributed by atoms with E-state index >= 15 is 0 Å². The standard InChI is InChI=1S/C11H10F3N/c1-7-2-3-8-4-5-15-10(9(8)6-7)11(12,13)14/h2-3,6H,4-5H2,1H3.